The third-order valence-corrected chi connectivity index (χ3v) is 1.96. The summed E-state index contributed by atoms with van der Waals surface area (Å²) in [6, 6.07) is -0.165. The standard InChI is InChI=1S/C10H21N3O2/c1-4-5-13(7-9(14)12-3)10(15)6-8(2)11/h8H,4-7,11H2,1-3H3,(H,12,14). The lowest BCUT2D eigenvalue weighted by Crippen LogP contribution is -2.41. The molecule has 0 aliphatic rings. The first kappa shape index (κ1) is 13.9. The molecule has 0 aromatic carbocycles. The highest BCUT2D eigenvalue weighted by molar-refractivity contribution is 5.84. The van der Waals surface area contributed by atoms with Gasteiger partial charge in [0.1, 0.15) is 0 Å². The molecular weight excluding hydrogens is 194 g/mol. The summed E-state index contributed by atoms with van der Waals surface area (Å²) in [6.45, 7) is 4.47. The lowest BCUT2D eigenvalue weighted by molar-refractivity contribution is -0.136. The van der Waals surface area contributed by atoms with Gasteiger partial charge in [0, 0.05) is 26.1 Å². The van der Waals surface area contributed by atoms with Gasteiger partial charge in [0.2, 0.25) is 11.8 Å². The summed E-state index contributed by atoms with van der Waals surface area (Å²) in [4.78, 5) is 24.4. The molecule has 88 valence electrons. The predicted octanol–water partition coefficient (Wildman–Crippen LogP) is -0.292. The van der Waals surface area contributed by atoms with Crippen LogP contribution in [0.3, 0.4) is 0 Å². The highest BCUT2D eigenvalue weighted by Gasteiger charge is 2.16. The molecule has 0 aromatic heterocycles. The van der Waals surface area contributed by atoms with Crippen LogP contribution in [0.5, 0.6) is 0 Å². The number of hydrogen-bond acceptors (Lipinski definition) is 3. The Morgan fingerprint density at radius 3 is 2.47 bits per heavy atom. The van der Waals surface area contributed by atoms with Crippen LogP contribution < -0.4 is 11.1 Å². The fraction of sp³-hybridized carbons (Fsp3) is 0.800. The van der Waals surface area contributed by atoms with Gasteiger partial charge in [0.25, 0.3) is 0 Å². The van der Waals surface area contributed by atoms with Crippen LogP contribution in [0.15, 0.2) is 0 Å². The van der Waals surface area contributed by atoms with Gasteiger partial charge in [0.05, 0.1) is 6.54 Å². The number of nitrogens with zero attached hydrogens (tertiary/aromatic N) is 1. The molecule has 0 rings (SSSR count). The molecule has 0 heterocycles. The summed E-state index contributed by atoms with van der Waals surface area (Å²) in [5, 5.41) is 2.50. The molecule has 0 fully saturated rings. The minimum atomic E-state index is -0.165. The van der Waals surface area contributed by atoms with Crippen molar-refractivity contribution in [3.8, 4) is 0 Å². The summed E-state index contributed by atoms with van der Waals surface area (Å²) in [5.74, 6) is -0.211. The van der Waals surface area contributed by atoms with Crippen LogP contribution in [0.4, 0.5) is 0 Å². The number of nitrogens with one attached hydrogen (secondary N) is 1. The van der Waals surface area contributed by atoms with E-state index in [-0.39, 0.29) is 30.8 Å². The predicted molar refractivity (Wildman–Crippen MR) is 59.2 cm³/mol. The quantitative estimate of drug-likeness (QED) is 0.639. The molecule has 2 amide bonds. The third-order valence-electron chi connectivity index (χ3n) is 1.96. The van der Waals surface area contributed by atoms with Crippen LogP contribution in [-0.2, 0) is 9.59 Å². The van der Waals surface area contributed by atoms with Crippen molar-refractivity contribution < 1.29 is 9.59 Å². The van der Waals surface area contributed by atoms with Crippen LogP contribution in [-0.4, -0.2) is 42.9 Å². The van der Waals surface area contributed by atoms with Gasteiger partial charge in [-0.05, 0) is 13.3 Å². The molecule has 5 nitrogen and oxygen atoms in total. The lowest BCUT2D eigenvalue weighted by Gasteiger charge is -2.22. The minimum Gasteiger partial charge on any atom is -0.358 e. The molecule has 0 radical (unpaired) electrons. The molecular formula is C10H21N3O2. The van der Waals surface area contributed by atoms with E-state index in [1.54, 1.807) is 18.9 Å². The van der Waals surface area contributed by atoms with Crippen LogP contribution in [0.1, 0.15) is 26.7 Å². The summed E-state index contributed by atoms with van der Waals surface area (Å²) in [7, 11) is 1.56. The maximum Gasteiger partial charge on any atom is 0.239 e. The maximum absolute atomic E-state index is 11.7. The minimum absolute atomic E-state index is 0.0598. The van der Waals surface area contributed by atoms with E-state index < -0.39 is 0 Å². The second-order valence-corrected chi connectivity index (χ2v) is 3.67. The molecule has 0 aliphatic heterocycles. The van der Waals surface area contributed by atoms with Crippen molar-refractivity contribution in [3.63, 3.8) is 0 Å². The van der Waals surface area contributed by atoms with Gasteiger partial charge in [-0.15, -0.1) is 0 Å². The van der Waals surface area contributed by atoms with Gasteiger partial charge >= 0.3 is 0 Å². The average molecular weight is 215 g/mol. The third kappa shape index (κ3) is 6.06. The van der Waals surface area contributed by atoms with Crippen molar-refractivity contribution >= 4 is 11.8 Å². The number of carbonyl (C=O) groups excluding carboxylic acids is 2. The van der Waals surface area contributed by atoms with Crippen LogP contribution in [0.2, 0.25) is 0 Å². The summed E-state index contributed by atoms with van der Waals surface area (Å²) in [6.07, 6.45) is 1.12. The second kappa shape index (κ2) is 7.23. The Hall–Kier alpha value is -1.10. The van der Waals surface area contributed by atoms with Crippen molar-refractivity contribution in [1.29, 1.82) is 0 Å². The lowest BCUT2D eigenvalue weighted by atomic mass is 10.2. The van der Waals surface area contributed by atoms with Crippen molar-refractivity contribution in [1.82, 2.24) is 10.2 Å². The zero-order valence-electron chi connectivity index (χ0n) is 9.75. The molecule has 0 aliphatic carbocycles. The SMILES string of the molecule is CCCN(CC(=O)NC)C(=O)CC(C)N. The highest BCUT2D eigenvalue weighted by Crippen LogP contribution is 1.98. The number of nitrogens with two attached hydrogens (primary N) is 1. The van der Waals surface area contributed by atoms with Crippen LogP contribution >= 0.6 is 0 Å². The summed E-state index contributed by atoms with van der Waals surface area (Å²) < 4.78 is 0. The van der Waals surface area contributed by atoms with E-state index in [1.165, 1.54) is 0 Å². The molecule has 0 bridgehead atoms. The average Bonchev–Trinajstić information content (AvgIpc) is 2.15. The molecule has 3 N–H and O–H groups in total. The van der Waals surface area contributed by atoms with Crippen LogP contribution in [0, 0.1) is 0 Å². The van der Waals surface area contributed by atoms with E-state index in [9.17, 15) is 9.59 Å². The summed E-state index contributed by atoms with van der Waals surface area (Å²) in [5.41, 5.74) is 5.54. The Balaban J connectivity index is 4.24. The van der Waals surface area contributed by atoms with E-state index in [4.69, 9.17) is 5.73 Å². The fourth-order valence-corrected chi connectivity index (χ4v) is 1.22. The molecule has 1 atom stereocenters. The Morgan fingerprint density at radius 2 is 2.07 bits per heavy atom. The topological polar surface area (TPSA) is 75.4 Å². The largest absolute Gasteiger partial charge is 0.358 e. The van der Waals surface area contributed by atoms with Crippen molar-refractivity contribution in [3.05, 3.63) is 0 Å². The normalized spacial score (nSPS) is 12.0. The van der Waals surface area contributed by atoms with Crippen molar-refractivity contribution in [2.45, 2.75) is 32.7 Å². The van der Waals surface area contributed by atoms with Crippen molar-refractivity contribution in [2.24, 2.45) is 5.73 Å². The Morgan fingerprint density at radius 1 is 1.47 bits per heavy atom. The van der Waals surface area contributed by atoms with Gasteiger partial charge in [-0.1, -0.05) is 6.92 Å². The van der Waals surface area contributed by atoms with E-state index in [1.807, 2.05) is 6.92 Å². The molecule has 15 heavy (non-hydrogen) atoms. The van der Waals surface area contributed by atoms with Gasteiger partial charge < -0.3 is 16.0 Å². The second-order valence-electron chi connectivity index (χ2n) is 3.67. The fourth-order valence-electron chi connectivity index (χ4n) is 1.22. The smallest absolute Gasteiger partial charge is 0.239 e. The number of rotatable bonds is 6. The molecule has 1 unspecified atom stereocenters. The number of hydrogen-bond donors (Lipinski definition) is 2. The number of amides is 2. The highest BCUT2D eigenvalue weighted by atomic mass is 16.2. The van der Waals surface area contributed by atoms with E-state index in [0.29, 0.717) is 6.54 Å². The van der Waals surface area contributed by atoms with E-state index >= 15 is 0 Å². The van der Waals surface area contributed by atoms with E-state index in [2.05, 4.69) is 5.32 Å². The Kier molecular flexibility index (Phi) is 6.70. The zero-order chi connectivity index (χ0) is 11.8. The first-order valence-electron chi connectivity index (χ1n) is 5.25. The first-order valence-corrected chi connectivity index (χ1v) is 5.25. The van der Waals surface area contributed by atoms with E-state index in [0.717, 1.165) is 6.42 Å². The zero-order valence-corrected chi connectivity index (χ0v) is 9.75. The molecule has 0 saturated heterocycles. The first-order chi connectivity index (χ1) is 7.01. The summed E-state index contributed by atoms with van der Waals surface area (Å²) >= 11 is 0. The Bertz CT molecular complexity index is 217. The molecule has 0 spiro atoms. The number of carbonyl (C=O) groups is 2. The van der Waals surface area contributed by atoms with Crippen molar-refractivity contribution in [2.75, 3.05) is 20.1 Å². The molecule has 0 aromatic rings. The number of likely N-dealkylation sites (N-methyl/N-ethyl adjacent to an activating group) is 1. The van der Waals surface area contributed by atoms with Gasteiger partial charge in [0.15, 0.2) is 0 Å². The van der Waals surface area contributed by atoms with Gasteiger partial charge in [-0.2, -0.15) is 0 Å². The maximum atomic E-state index is 11.7. The van der Waals surface area contributed by atoms with Gasteiger partial charge in [-0.25, -0.2) is 0 Å². The van der Waals surface area contributed by atoms with Gasteiger partial charge in [-0.3, -0.25) is 9.59 Å². The molecule has 5 heteroatoms. The molecule has 0 saturated carbocycles. The van der Waals surface area contributed by atoms with Crippen LogP contribution in [0.25, 0.3) is 0 Å². The Labute approximate surface area is 91.0 Å². The monoisotopic (exact) mass is 215 g/mol.